The van der Waals surface area contributed by atoms with Crippen molar-refractivity contribution in [3.8, 4) is 0 Å². The Kier molecular flexibility index (Phi) is 5.05. The van der Waals surface area contributed by atoms with Gasteiger partial charge in [0.2, 0.25) is 0 Å². The third-order valence-electron chi connectivity index (χ3n) is 1.17. The first-order valence-corrected chi connectivity index (χ1v) is 3.85. The van der Waals surface area contributed by atoms with Gasteiger partial charge in [-0.15, -0.1) is 0 Å². The molecule has 1 rings (SSSR count). The summed E-state index contributed by atoms with van der Waals surface area (Å²) in [5.41, 5.74) is 0. The fraction of sp³-hybridized carbons (Fsp3) is 0.286. The SMILES string of the molecule is CC.O=[N+]([O-])[C]1C=CN=C[C]1[N+](=O)[O-]. The number of hydrogen-bond donors (Lipinski definition) is 0. The lowest BCUT2D eigenvalue weighted by molar-refractivity contribution is -0.519. The summed E-state index contributed by atoms with van der Waals surface area (Å²) in [7, 11) is 0. The minimum atomic E-state index is -0.842. The van der Waals surface area contributed by atoms with Crippen molar-refractivity contribution in [3.63, 3.8) is 0 Å². The van der Waals surface area contributed by atoms with E-state index in [1.807, 2.05) is 13.8 Å². The first-order valence-electron chi connectivity index (χ1n) is 3.85. The van der Waals surface area contributed by atoms with Crippen LogP contribution in [-0.4, -0.2) is 16.1 Å². The van der Waals surface area contributed by atoms with Crippen LogP contribution in [0.25, 0.3) is 0 Å². The zero-order valence-electron chi connectivity index (χ0n) is 7.71. The van der Waals surface area contributed by atoms with Gasteiger partial charge in [0.15, 0.2) is 0 Å². The molecule has 1 aliphatic rings. The predicted molar refractivity (Wildman–Crippen MR) is 49.5 cm³/mol. The molecule has 0 unspecified atom stereocenters. The molecule has 7 heteroatoms. The molecule has 14 heavy (non-hydrogen) atoms. The minimum Gasteiger partial charge on any atom is -0.263 e. The lowest BCUT2D eigenvalue weighted by Gasteiger charge is -2.04. The van der Waals surface area contributed by atoms with Crippen molar-refractivity contribution in [2.45, 2.75) is 13.8 Å². The second-order valence-electron chi connectivity index (χ2n) is 1.88. The molecule has 0 saturated heterocycles. The minimum absolute atomic E-state index is 0.546. The van der Waals surface area contributed by atoms with E-state index in [1.54, 1.807) is 0 Å². The van der Waals surface area contributed by atoms with Crippen LogP contribution < -0.4 is 0 Å². The van der Waals surface area contributed by atoms with E-state index in [1.165, 1.54) is 0 Å². The standard InChI is InChI=1S/C5H3N3O4.C2H6/c9-7(10)4-1-2-6-3-5(4)8(11)12;1-2/h1-3H;1-2H3. The van der Waals surface area contributed by atoms with Crippen molar-refractivity contribution in [2.75, 3.05) is 0 Å². The molecule has 76 valence electrons. The van der Waals surface area contributed by atoms with Crippen LogP contribution in [0.5, 0.6) is 0 Å². The highest BCUT2D eigenvalue weighted by molar-refractivity contribution is 5.77. The zero-order chi connectivity index (χ0) is 11.1. The monoisotopic (exact) mass is 199 g/mol. The van der Waals surface area contributed by atoms with E-state index in [4.69, 9.17) is 0 Å². The molecule has 0 aliphatic carbocycles. The van der Waals surface area contributed by atoms with E-state index in [0.717, 1.165) is 18.5 Å². The Balaban J connectivity index is 0.000000791. The highest BCUT2D eigenvalue weighted by Gasteiger charge is 2.45. The fourth-order valence-corrected chi connectivity index (χ4v) is 0.674. The summed E-state index contributed by atoms with van der Waals surface area (Å²) >= 11 is 0. The lowest BCUT2D eigenvalue weighted by atomic mass is 10.1. The molecule has 0 saturated carbocycles. The van der Waals surface area contributed by atoms with Crippen molar-refractivity contribution in [3.05, 3.63) is 44.6 Å². The van der Waals surface area contributed by atoms with Gasteiger partial charge >= 0.3 is 12.1 Å². The number of aliphatic imine (C=N–C) groups is 1. The number of rotatable bonds is 2. The zero-order valence-corrected chi connectivity index (χ0v) is 7.71. The Morgan fingerprint density at radius 3 is 2.00 bits per heavy atom. The average molecular weight is 199 g/mol. The van der Waals surface area contributed by atoms with Gasteiger partial charge in [-0.1, -0.05) is 13.8 Å². The van der Waals surface area contributed by atoms with Gasteiger partial charge in [-0.05, 0) is 0 Å². The van der Waals surface area contributed by atoms with Gasteiger partial charge in [0.05, 0.1) is 6.21 Å². The van der Waals surface area contributed by atoms with E-state index in [0.29, 0.717) is 0 Å². The van der Waals surface area contributed by atoms with Crippen LogP contribution in [0.4, 0.5) is 0 Å². The van der Waals surface area contributed by atoms with Gasteiger partial charge < -0.3 is 0 Å². The van der Waals surface area contributed by atoms with Crippen molar-refractivity contribution < 1.29 is 9.85 Å². The Morgan fingerprint density at radius 2 is 1.64 bits per heavy atom. The maximum atomic E-state index is 10.2. The molecule has 1 heterocycles. The third kappa shape index (κ3) is 2.92. The maximum absolute atomic E-state index is 10.2. The molecule has 0 aromatic carbocycles. The molecule has 1 aliphatic heterocycles. The number of nitro groups is 2. The third-order valence-corrected chi connectivity index (χ3v) is 1.17. The summed E-state index contributed by atoms with van der Waals surface area (Å²) in [5, 5.41) is 20.4. The van der Waals surface area contributed by atoms with Gasteiger partial charge in [0.25, 0.3) is 0 Å². The highest BCUT2D eigenvalue weighted by atomic mass is 16.6. The van der Waals surface area contributed by atoms with Gasteiger partial charge in [-0.2, -0.15) is 0 Å². The molecular weight excluding hydrogens is 190 g/mol. The summed E-state index contributed by atoms with van der Waals surface area (Å²) < 4.78 is 0. The van der Waals surface area contributed by atoms with Crippen LogP contribution in [0, 0.1) is 32.3 Å². The van der Waals surface area contributed by atoms with E-state index < -0.39 is 21.9 Å². The normalized spacial score (nSPS) is 15.9. The predicted octanol–water partition coefficient (Wildman–Crippen LogP) is 1.23. The first-order chi connectivity index (χ1) is 6.63. The first kappa shape index (κ1) is 12.2. The van der Waals surface area contributed by atoms with Gasteiger partial charge in [-0.25, -0.2) is 0 Å². The van der Waals surface area contributed by atoms with E-state index in [-0.39, 0.29) is 0 Å². The van der Waals surface area contributed by atoms with Crippen molar-refractivity contribution >= 4 is 6.21 Å². The van der Waals surface area contributed by atoms with Crippen molar-refractivity contribution in [1.29, 1.82) is 0 Å². The van der Waals surface area contributed by atoms with Crippen LogP contribution in [0.2, 0.25) is 0 Å². The summed E-state index contributed by atoms with van der Waals surface area (Å²) in [6.45, 7) is 4.00. The van der Waals surface area contributed by atoms with E-state index in [2.05, 4.69) is 4.99 Å². The average Bonchev–Trinajstić information content (AvgIpc) is 2.20. The number of hydrogen-bond acceptors (Lipinski definition) is 5. The Bertz CT molecular complexity index is 246. The second-order valence-corrected chi connectivity index (χ2v) is 1.88. The highest BCUT2D eigenvalue weighted by Crippen LogP contribution is 2.20. The van der Waals surface area contributed by atoms with E-state index >= 15 is 0 Å². The maximum Gasteiger partial charge on any atom is 0.418 e. The van der Waals surface area contributed by atoms with Crippen LogP contribution in [-0.2, 0) is 0 Å². The molecule has 0 bridgehead atoms. The molecule has 7 nitrogen and oxygen atoms in total. The molecule has 0 aromatic heterocycles. The van der Waals surface area contributed by atoms with Gasteiger partial charge in [-0.3, -0.25) is 25.2 Å². The van der Waals surface area contributed by atoms with Crippen LogP contribution in [0.3, 0.4) is 0 Å². The van der Waals surface area contributed by atoms with Crippen molar-refractivity contribution in [2.24, 2.45) is 4.99 Å². The Labute approximate surface area is 80.4 Å². The van der Waals surface area contributed by atoms with Crippen LogP contribution in [0.1, 0.15) is 13.8 Å². The quantitative estimate of drug-likeness (QED) is 0.493. The molecule has 0 N–H and O–H groups in total. The molecule has 0 aromatic rings. The molecule has 0 amide bonds. The van der Waals surface area contributed by atoms with Gasteiger partial charge in [0.1, 0.15) is 0 Å². The molecule has 0 fully saturated rings. The molecule has 0 spiro atoms. The second kappa shape index (κ2) is 5.79. The molecular formula is C7H9N3O4. The van der Waals surface area contributed by atoms with E-state index in [9.17, 15) is 20.2 Å². The number of nitrogens with zero attached hydrogens (tertiary/aromatic N) is 3. The molecule has 0 atom stereocenters. The van der Waals surface area contributed by atoms with Gasteiger partial charge in [0, 0.05) is 22.1 Å². The topological polar surface area (TPSA) is 98.6 Å². The van der Waals surface area contributed by atoms with Crippen LogP contribution >= 0.6 is 0 Å². The smallest absolute Gasteiger partial charge is 0.263 e. The summed E-state index contributed by atoms with van der Waals surface area (Å²) in [6, 6.07) is -1.14. The fourth-order valence-electron chi connectivity index (χ4n) is 0.674. The van der Waals surface area contributed by atoms with Crippen LogP contribution in [0.15, 0.2) is 17.3 Å². The largest absolute Gasteiger partial charge is 0.418 e. The summed E-state index contributed by atoms with van der Waals surface area (Å²) in [4.78, 5) is 22.1. The Morgan fingerprint density at radius 1 is 1.14 bits per heavy atom. The summed E-state index contributed by atoms with van der Waals surface area (Å²) in [6.07, 6.45) is 2.96. The lowest BCUT2D eigenvalue weighted by Crippen LogP contribution is -2.26. The van der Waals surface area contributed by atoms with Crippen molar-refractivity contribution in [1.82, 2.24) is 0 Å². The molecule has 2 radical (unpaired) electrons. The summed E-state index contributed by atoms with van der Waals surface area (Å²) in [5.74, 6) is 0. The Hall–Kier alpha value is -1.79.